The average Bonchev–Trinajstić information content (AvgIpc) is 3.14. The Balaban J connectivity index is 0.00000348. The van der Waals surface area contributed by atoms with E-state index in [4.69, 9.17) is 9.47 Å². The molecule has 278 valence electrons. The summed E-state index contributed by atoms with van der Waals surface area (Å²) >= 11 is 0. The number of hydrogen-bond donors (Lipinski definition) is 6. The van der Waals surface area contributed by atoms with Crippen molar-refractivity contribution in [3.8, 4) is 12.0 Å². The van der Waals surface area contributed by atoms with Gasteiger partial charge in [0.1, 0.15) is 9.79 Å². The monoisotopic (exact) mass is 794 g/mol. The predicted octanol–water partition coefficient (Wildman–Crippen LogP) is 2.83. The molecule has 2 heterocycles. The molecule has 2 aromatic heterocycles. The number of methoxy groups -OCH3 is 2. The Morgan fingerprint density at radius 3 is 1.15 bits per heavy atom. The molecule has 0 fully saturated rings. The molecule has 0 radical (unpaired) electrons. The number of hydrogen-bond acceptors (Lipinski definition) is 16. The van der Waals surface area contributed by atoms with Crippen molar-refractivity contribution in [3.63, 3.8) is 0 Å². The van der Waals surface area contributed by atoms with Crippen molar-refractivity contribution in [1.29, 1.82) is 0 Å². The topological polar surface area (TPSA) is 253 Å². The first-order chi connectivity index (χ1) is 25.9. The van der Waals surface area contributed by atoms with E-state index in [1.165, 1.54) is 50.6 Å². The van der Waals surface area contributed by atoms with Gasteiger partial charge in [-0.1, -0.05) is 60.7 Å². The van der Waals surface area contributed by atoms with Crippen LogP contribution in [0.2, 0.25) is 0 Å². The summed E-state index contributed by atoms with van der Waals surface area (Å²) in [7, 11) is -6.90. The third kappa shape index (κ3) is 10.9. The zero-order valence-corrected chi connectivity index (χ0v) is 32.9. The maximum Gasteiger partial charge on any atom is 1.00 e. The molecule has 0 aliphatic rings. The maximum absolute atomic E-state index is 12.5. The number of nitrogens with zero attached hydrogens (tertiary/aromatic N) is 6. The number of anilines is 8. The van der Waals surface area contributed by atoms with Crippen molar-refractivity contribution in [3.05, 3.63) is 108 Å². The summed E-state index contributed by atoms with van der Waals surface area (Å²) in [6.07, 6.45) is 2.52. The summed E-state index contributed by atoms with van der Waals surface area (Å²) in [6, 6.07) is 26.1. The normalized spacial score (nSPS) is 11.3. The minimum Gasteiger partial charge on any atom is -1.00 e. The van der Waals surface area contributed by atoms with Crippen LogP contribution in [0.1, 0.15) is 12.6 Å². The van der Waals surface area contributed by atoms with Crippen molar-refractivity contribution >= 4 is 78.9 Å². The zero-order chi connectivity index (χ0) is 38.3. The molecular weight excluding hydrogens is 764 g/mol. The molecule has 6 N–H and O–H groups in total. The van der Waals surface area contributed by atoms with Crippen LogP contribution in [0.4, 0.5) is 46.5 Å². The van der Waals surface area contributed by atoms with Gasteiger partial charge in [0.15, 0.2) is 0 Å². The molecule has 0 amide bonds. The molecule has 0 aliphatic heterocycles. The average molecular weight is 795 g/mol. The van der Waals surface area contributed by atoms with E-state index in [1.54, 1.807) is 24.3 Å². The smallest absolute Gasteiger partial charge is 1.00 e. The summed E-state index contributed by atoms with van der Waals surface area (Å²) in [5.41, 5.74) is 1.70. The molecule has 4 aromatic carbocycles. The summed E-state index contributed by atoms with van der Waals surface area (Å²) in [5.74, 6) is 0.268. The second kappa shape index (κ2) is 17.6. The molecule has 0 unspecified atom stereocenters. The second-order valence-electron chi connectivity index (χ2n) is 11.0. The van der Waals surface area contributed by atoms with E-state index in [-0.39, 0.29) is 89.3 Å². The van der Waals surface area contributed by atoms with Crippen molar-refractivity contribution < 1.29 is 66.4 Å². The predicted molar refractivity (Wildman–Crippen MR) is 201 cm³/mol. The van der Waals surface area contributed by atoms with Crippen LogP contribution in [0.5, 0.6) is 12.0 Å². The summed E-state index contributed by atoms with van der Waals surface area (Å²) in [5, 5.41) is 11.8. The van der Waals surface area contributed by atoms with Crippen LogP contribution in [0, 0.1) is 0 Å². The molecule has 6 rings (SSSR count). The number of ether oxygens (including phenoxy) is 2. The van der Waals surface area contributed by atoms with Gasteiger partial charge < -0.3 is 32.2 Å². The number of para-hydroxylation sites is 2. The van der Waals surface area contributed by atoms with Gasteiger partial charge in [-0.25, -0.2) is 0 Å². The Labute approximate surface area is 338 Å². The number of nitrogens with one attached hydrogen (secondary N) is 4. The molecule has 6 aromatic rings. The van der Waals surface area contributed by atoms with Gasteiger partial charge in [-0.15, -0.1) is 0 Å². The number of rotatable bonds is 14. The fourth-order valence-corrected chi connectivity index (χ4v) is 6.22. The Morgan fingerprint density at radius 2 is 0.836 bits per heavy atom. The van der Waals surface area contributed by atoms with Crippen LogP contribution in [0.15, 0.2) is 107 Å². The van der Waals surface area contributed by atoms with Crippen molar-refractivity contribution in [2.75, 3.05) is 35.5 Å². The van der Waals surface area contributed by atoms with Gasteiger partial charge in [-0.05, 0) is 59.7 Å². The van der Waals surface area contributed by atoms with E-state index >= 15 is 0 Å². The van der Waals surface area contributed by atoms with Crippen LogP contribution in [0.3, 0.4) is 0 Å². The van der Waals surface area contributed by atoms with E-state index in [0.29, 0.717) is 11.4 Å². The molecule has 0 saturated carbocycles. The molecule has 0 spiro atoms. The third-order valence-corrected chi connectivity index (χ3v) is 9.01. The zero-order valence-electron chi connectivity index (χ0n) is 30.2. The maximum atomic E-state index is 12.5. The van der Waals surface area contributed by atoms with E-state index in [9.17, 15) is 25.9 Å². The van der Waals surface area contributed by atoms with Crippen LogP contribution >= 0.6 is 0 Å². The van der Waals surface area contributed by atoms with E-state index in [1.807, 2.05) is 36.4 Å². The fourth-order valence-electron chi connectivity index (χ4n) is 4.80. The van der Waals surface area contributed by atoms with Gasteiger partial charge in [0, 0.05) is 22.7 Å². The Kier molecular flexibility index (Phi) is 12.9. The second-order valence-corrected chi connectivity index (χ2v) is 13.7. The number of aromatic nitrogens is 6. The van der Waals surface area contributed by atoms with Gasteiger partial charge >= 0.3 is 41.6 Å². The molecule has 0 bridgehead atoms. The summed E-state index contributed by atoms with van der Waals surface area (Å²) in [6.45, 7) is 0. The van der Waals surface area contributed by atoms with Gasteiger partial charge in [-0.2, -0.15) is 46.7 Å². The van der Waals surface area contributed by atoms with Gasteiger partial charge in [0.25, 0.3) is 20.2 Å². The van der Waals surface area contributed by atoms with Gasteiger partial charge in [0.2, 0.25) is 23.8 Å². The fraction of sp³-hybridized carbons (Fsp3) is 0.0588. The first-order valence-corrected chi connectivity index (χ1v) is 18.4. The first-order valence-electron chi connectivity index (χ1n) is 15.6. The van der Waals surface area contributed by atoms with Crippen LogP contribution in [-0.4, -0.2) is 70.1 Å². The molecule has 21 heteroatoms. The van der Waals surface area contributed by atoms with Crippen LogP contribution in [-0.2, 0) is 20.2 Å². The van der Waals surface area contributed by atoms with E-state index in [2.05, 4.69) is 51.2 Å². The van der Waals surface area contributed by atoms with E-state index < -0.39 is 30.0 Å². The van der Waals surface area contributed by atoms with Crippen LogP contribution in [0.25, 0.3) is 12.2 Å². The molecule has 18 nitrogen and oxygen atoms in total. The minimum atomic E-state index is -4.82. The van der Waals surface area contributed by atoms with E-state index in [0.717, 1.165) is 12.1 Å². The molecule has 0 saturated heterocycles. The summed E-state index contributed by atoms with van der Waals surface area (Å²) < 4.78 is 80.6. The molecular formula is C34H31N10NaO8S2. The molecule has 0 aliphatic carbocycles. The Bertz CT molecular complexity index is 2380. The first kappa shape index (κ1) is 40.4. The van der Waals surface area contributed by atoms with Crippen molar-refractivity contribution in [2.24, 2.45) is 0 Å². The van der Waals surface area contributed by atoms with Gasteiger partial charge in [-0.3, -0.25) is 9.11 Å². The largest absolute Gasteiger partial charge is 1.00 e. The minimum absolute atomic E-state index is 0. The number of benzene rings is 4. The quantitative estimate of drug-likeness (QED) is 0.0527. The van der Waals surface area contributed by atoms with Gasteiger partial charge in [0.05, 0.1) is 14.2 Å². The summed E-state index contributed by atoms with van der Waals surface area (Å²) in [4.78, 5) is 24.2. The Morgan fingerprint density at radius 1 is 0.509 bits per heavy atom. The molecule has 55 heavy (non-hydrogen) atoms. The van der Waals surface area contributed by atoms with Crippen LogP contribution < -0.4 is 60.3 Å². The Hall–Kier alpha value is -5.74. The SMILES string of the molecule is COc1nc(Nc2ccccc2)nc(Nc2ccc(C=Cc3ccc(Nc4nc(Nc5ccccc5)nc(OC)n4)cc3S(=O)(=O)O)c(S(=O)(=O)O)c2)n1.[H-].[Na+]. The molecule has 0 atom stereocenters. The van der Waals surface area contributed by atoms with Crippen molar-refractivity contribution in [2.45, 2.75) is 9.79 Å². The third-order valence-electron chi connectivity index (χ3n) is 7.19. The standard InChI is InChI=1S/C34H30N10O8S2.Na.H/c1-51-33-41-29(35-23-9-5-3-6-10-23)39-31(43-33)37-25-17-15-21(27(19-25)53(45,46)47)13-14-22-16-18-26(20-28(22)54(48,49)50)38-32-40-30(42-34(44-32)52-2)36-24-11-7-4-8-12-24;;/h3-20H,1-2H3,(H,45,46,47)(H,48,49,50)(H2,35,37,39,41,43)(H2,36,38,40,42,44);;/q;+1;-1. The van der Waals surface area contributed by atoms with Crippen molar-refractivity contribution in [1.82, 2.24) is 29.9 Å².